The van der Waals surface area contributed by atoms with E-state index in [2.05, 4.69) is 123 Å². The highest BCUT2D eigenvalue weighted by atomic mass is 16.1. The molecule has 15 rings (SSSR count). The molecule has 0 fully saturated rings. The Labute approximate surface area is 446 Å². The molecule has 0 unspecified atom stereocenters. The van der Waals surface area contributed by atoms with Crippen LogP contribution in [0.15, 0.2) is 267 Å². The van der Waals surface area contributed by atoms with Crippen LogP contribution in [0.4, 0.5) is 0 Å². The van der Waals surface area contributed by atoms with Crippen LogP contribution in [0.3, 0.4) is 0 Å². The second-order valence-electron chi connectivity index (χ2n) is 19.8. The van der Waals surface area contributed by atoms with Crippen molar-refractivity contribution in [2.45, 2.75) is 19.6 Å². The van der Waals surface area contributed by atoms with Gasteiger partial charge in [-0.1, -0.05) is 188 Å². The molecule has 0 radical (unpaired) electrons. The van der Waals surface area contributed by atoms with Gasteiger partial charge in [0.05, 0.1) is 33.4 Å². The molecule has 9 aromatic carbocycles. The molecule has 0 N–H and O–H groups in total. The van der Waals surface area contributed by atoms with Gasteiger partial charge in [0.1, 0.15) is 0 Å². The van der Waals surface area contributed by atoms with Gasteiger partial charge in [-0.25, -0.2) is 0 Å². The molecule has 77 heavy (non-hydrogen) atoms. The minimum Gasteiger partial charge on any atom is -0.288 e. The predicted molar refractivity (Wildman–Crippen MR) is 304 cm³/mol. The second-order valence-corrected chi connectivity index (χ2v) is 19.8. The SMILES string of the molecule is O=C(c1ccc(-c2ccccc2)cc1)c1ccc2[n+](c1)Cc1ccccc1-2.O=C(c1ccc2[n+](c1)Cc1ccccc1-2)c1cccc2ccccc12.O=C(c1ccc2ccccc2c1)c1ccc2[n+](c1)Cc1ccccc1-2. The van der Waals surface area contributed by atoms with Crippen molar-refractivity contribution in [3.05, 3.63) is 317 Å². The van der Waals surface area contributed by atoms with Crippen molar-refractivity contribution in [2.24, 2.45) is 0 Å². The Bertz CT molecular complexity index is 4300. The molecule has 364 valence electrons. The van der Waals surface area contributed by atoms with Crippen molar-refractivity contribution in [1.82, 2.24) is 0 Å². The van der Waals surface area contributed by atoms with Crippen molar-refractivity contribution in [1.29, 1.82) is 0 Å². The van der Waals surface area contributed by atoms with E-state index in [1.807, 2.05) is 158 Å². The summed E-state index contributed by atoms with van der Waals surface area (Å²) >= 11 is 0. The van der Waals surface area contributed by atoms with Crippen LogP contribution in [0, 0.1) is 0 Å². The Morgan fingerprint density at radius 2 is 0.688 bits per heavy atom. The van der Waals surface area contributed by atoms with Gasteiger partial charge >= 0.3 is 0 Å². The summed E-state index contributed by atoms with van der Waals surface area (Å²) in [6.07, 6.45) is 5.94. The molecule has 0 saturated carbocycles. The van der Waals surface area contributed by atoms with E-state index < -0.39 is 0 Å². The molecule has 6 nitrogen and oxygen atoms in total. The van der Waals surface area contributed by atoms with Gasteiger partial charge in [0, 0.05) is 51.6 Å². The summed E-state index contributed by atoms with van der Waals surface area (Å²) in [6.45, 7) is 2.46. The van der Waals surface area contributed by atoms with E-state index in [9.17, 15) is 14.4 Å². The fraction of sp³-hybridized carbons (Fsp3) is 0.0423. The van der Waals surface area contributed by atoms with Crippen LogP contribution in [0.1, 0.15) is 64.5 Å². The van der Waals surface area contributed by atoms with Gasteiger partial charge < -0.3 is 0 Å². The van der Waals surface area contributed by atoms with Crippen molar-refractivity contribution in [2.75, 3.05) is 0 Å². The molecule has 0 atom stereocenters. The number of nitrogens with zero attached hydrogens (tertiary/aromatic N) is 3. The maximum Gasteiger partial charge on any atom is 0.213 e. The third-order valence-corrected chi connectivity index (χ3v) is 15.1. The number of aromatic nitrogens is 3. The van der Waals surface area contributed by atoms with Crippen LogP contribution in [0.25, 0.3) is 66.4 Å². The van der Waals surface area contributed by atoms with Crippen LogP contribution in [-0.4, -0.2) is 17.3 Å². The van der Waals surface area contributed by atoms with E-state index in [-0.39, 0.29) is 17.3 Å². The second kappa shape index (κ2) is 20.0. The monoisotopic (exact) mass is 992 g/mol. The number of hydrogen-bond acceptors (Lipinski definition) is 3. The number of pyridine rings is 3. The molecule has 12 aromatic rings. The number of rotatable bonds is 7. The molecule has 6 heteroatoms. The zero-order valence-corrected chi connectivity index (χ0v) is 42.1. The lowest BCUT2D eigenvalue weighted by atomic mass is 9.98. The summed E-state index contributed by atoms with van der Waals surface area (Å²) in [5.41, 5.74) is 17.8. The third kappa shape index (κ3) is 9.02. The van der Waals surface area contributed by atoms with E-state index in [1.165, 1.54) is 50.5 Å². The molecular formula is C71H50N3O3+3. The fourth-order valence-corrected chi connectivity index (χ4v) is 11.1. The number of carbonyl (C=O) groups is 3. The fourth-order valence-electron chi connectivity index (χ4n) is 11.1. The van der Waals surface area contributed by atoms with Crippen molar-refractivity contribution in [3.8, 4) is 44.9 Å². The number of carbonyl (C=O) groups excluding carboxylic acids is 3. The van der Waals surface area contributed by atoms with E-state index in [0.717, 1.165) is 80.1 Å². The van der Waals surface area contributed by atoms with Crippen molar-refractivity contribution >= 4 is 38.9 Å². The molecule has 0 spiro atoms. The van der Waals surface area contributed by atoms with E-state index >= 15 is 0 Å². The summed E-state index contributed by atoms with van der Waals surface area (Å²) in [6, 6.07) is 83.2. The third-order valence-electron chi connectivity index (χ3n) is 15.1. The van der Waals surface area contributed by atoms with Gasteiger partial charge in [0.25, 0.3) is 0 Å². The molecule has 0 amide bonds. The lowest BCUT2D eigenvalue weighted by Gasteiger charge is -2.05. The number of hydrogen-bond donors (Lipinski definition) is 0. The standard InChI is InChI=1S/C25H18NO.2C23H16NO/c27-25(20-12-10-19(11-13-20)18-6-2-1-3-7-18)22-14-15-24-23-9-5-4-8-21(23)16-26(24)17-22;25-23(21-11-5-8-16-6-1-3-9-19(16)21)18-12-13-22-20-10-4-2-7-17(20)14-24(22)15-18;25-23(18-10-9-16-5-1-2-6-17(16)13-18)20-11-12-22-21-8-4-3-7-19(21)14-24(22)15-20/h1-15,17H,16H2;2*1-13,15H,14H2/q3*+1. The minimum absolute atomic E-state index is 0.0564. The molecule has 0 aliphatic carbocycles. The first-order chi connectivity index (χ1) is 37.9. The first-order valence-electron chi connectivity index (χ1n) is 26.0. The quantitative estimate of drug-likeness (QED) is 0.118. The molecule has 6 heterocycles. The van der Waals surface area contributed by atoms with E-state index in [1.54, 1.807) is 0 Å². The van der Waals surface area contributed by atoms with Crippen LogP contribution in [-0.2, 0) is 19.6 Å². The van der Waals surface area contributed by atoms with E-state index in [0.29, 0.717) is 5.56 Å². The highest BCUT2D eigenvalue weighted by Gasteiger charge is 2.30. The van der Waals surface area contributed by atoms with Gasteiger partial charge in [0.15, 0.2) is 55.6 Å². The van der Waals surface area contributed by atoms with Crippen LogP contribution in [0.2, 0.25) is 0 Å². The van der Waals surface area contributed by atoms with Gasteiger partial charge in [-0.2, -0.15) is 13.7 Å². The summed E-state index contributed by atoms with van der Waals surface area (Å²) < 4.78 is 6.50. The van der Waals surface area contributed by atoms with E-state index in [4.69, 9.17) is 0 Å². The number of ketones is 3. The average Bonchev–Trinajstić information content (AvgIpc) is 4.20. The zero-order chi connectivity index (χ0) is 51.8. The molecule has 3 aliphatic rings. The van der Waals surface area contributed by atoms with Crippen LogP contribution in [0.5, 0.6) is 0 Å². The molecule has 3 aromatic heterocycles. The normalized spacial score (nSPS) is 11.9. The smallest absolute Gasteiger partial charge is 0.213 e. The summed E-state index contributed by atoms with van der Waals surface area (Å²) in [4.78, 5) is 39.0. The highest BCUT2D eigenvalue weighted by molar-refractivity contribution is 6.16. The van der Waals surface area contributed by atoms with Crippen molar-refractivity contribution < 1.29 is 28.1 Å². The molecule has 3 aliphatic heterocycles. The Kier molecular flexibility index (Phi) is 12.1. The van der Waals surface area contributed by atoms with Gasteiger partial charge in [0.2, 0.25) is 17.1 Å². The Morgan fingerprint density at radius 3 is 1.25 bits per heavy atom. The first-order valence-corrected chi connectivity index (χ1v) is 26.0. The first kappa shape index (κ1) is 46.7. The Morgan fingerprint density at radius 1 is 0.286 bits per heavy atom. The number of benzene rings is 9. The lowest BCUT2D eigenvalue weighted by molar-refractivity contribution is -0.672. The predicted octanol–water partition coefficient (Wildman–Crippen LogP) is 13.7. The summed E-state index contributed by atoms with van der Waals surface area (Å²) in [7, 11) is 0. The van der Waals surface area contributed by atoms with Crippen molar-refractivity contribution in [3.63, 3.8) is 0 Å². The van der Waals surface area contributed by atoms with Gasteiger partial charge in [-0.15, -0.1) is 0 Å². The van der Waals surface area contributed by atoms with Crippen LogP contribution >= 0.6 is 0 Å². The number of fused-ring (bicyclic) bond motifs is 11. The maximum atomic E-state index is 13.1. The average molecular weight is 993 g/mol. The Balaban J connectivity index is 0.000000110. The zero-order valence-electron chi connectivity index (χ0n) is 42.1. The minimum atomic E-state index is 0.0564. The maximum absolute atomic E-state index is 13.1. The topological polar surface area (TPSA) is 62.9 Å². The lowest BCUT2D eigenvalue weighted by Crippen LogP contribution is -2.33. The van der Waals surface area contributed by atoms with Crippen LogP contribution < -0.4 is 13.7 Å². The molecule has 0 bridgehead atoms. The summed E-state index contributed by atoms with van der Waals surface area (Å²) in [5.74, 6) is 0.195. The van der Waals surface area contributed by atoms with Gasteiger partial charge in [-0.05, 0) is 75.1 Å². The molecule has 0 saturated heterocycles. The molecular weight excluding hydrogens is 943 g/mol. The summed E-state index contributed by atoms with van der Waals surface area (Å²) in [5, 5.41) is 4.34. The van der Waals surface area contributed by atoms with Gasteiger partial charge in [-0.3, -0.25) is 14.4 Å². The largest absolute Gasteiger partial charge is 0.288 e. The highest BCUT2D eigenvalue weighted by Crippen LogP contribution is 2.31. The Hall–Kier alpha value is -10.0.